The van der Waals surface area contributed by atoms with Crippen molar-refractivity contribution in [3.63, 3.8) is 0 Å². The lowest BCUT2D eigenvalue weighted by molar-refractivity contribution is 1.28. The molecule has 0 aliphatic rings. The molecule has 0 spiro atoms. The molecular weight excluding hydrogens is 703 g/mol. The zero-order valence-electron chi connectivity index (χ0n) is 29.8. The number of hydrogen-bond acceptors (Lipinski definition) is 3. The molecule has 55 heavy (non-hydrogen) atoms. The predicted octanol–water partition coefficient (Wildman–Crippen LogP) is 16.0. The van der Waals surface area contributed by atoms with Crippen LogP contribution in [0.1, 0.15) is 0 Å². The second kappa shape index (κ2) is 13.1. The lowest BCUT2D eigenvalue weighted by Crippen LogP contribution is -2.10. The van der Waals surface area contributed by atoms with E-state index >= 15 is 0 Å². The van der Waals surface area contributed by atoms with Gasteiger partial charge in [-0.25, -0.2) is 0 Å². The van der Waals surface area contributed by atoms with Crippen LogP contribution in [-0.4, -0.2) is 0 Å². The highest BCUT2D eigenvalue weighted by molar-refractivity contribution is 7.26. The molecule has 0 saturated heterocycles. The topological polar surface area (TPSA) is 3.24 Å². The average molecular weight is 736 g/mol. The van der Waals surface area contributed by atoms with Crippen molar-refractivity contribution in [1.82, 2.24) is 0 Å². The number of thiophene rings is 2. The van der Waals surface area contributed by atoms with Gasteiger partial charge >= 0.3 is 0 Å². The van der Waals surface area contributed by atoms with Gasteiger partial charge in [0.15, 0.2) is 0 Å². The average Bonchev–Trinajstić information content (AvgIpc) is 3.82. The lowest BCUT2D eigenvalue weighted by atomic mass is 9.96. The van der Waals surface area contributed by atoms with E-state index in [4.69, 9.17) is 0 Å². The molecule has 11 rings (SSSR count). The van der Waals surface area contributed by atoms with E-state index in [1.54, 1.807) is 0 Å². The molecule has 11 aromatic rings. The summed E-state index contributed by atoms with van der Waals surface area (Å²) in [6.07, 6.45) is 0. The maximum absolute atomic E-state index is 2.39. The van der Waals surface area contributed by atoms with Crippen LogP contribution in [0.4, 0.5) is 17.1 Å². The number of benzene rings is 9. The Morgan fingerprint density at radius 1 is 0.291 bits per heavy atom. The molecule has 0 N–H and O–H groups in total. The van der Waals surface area contributed by atoms with Gasteiger partial charge in [-0.3, -0.25) is 0 Å². The maximum Gasteiger partial charge on any atom is 0.0467 e. The first-order valence-corrected chi connectivity index (χ1v) is 20.3. The van der Waals surface area contributed by atoms with Gasteiger partial charge in [-0.1, -0.05) is 140 Å². The molecule has 0 atom stereocenters. The van der Waals surface area contributed by atoms with Crippen LogP contribution in [-0.2, 0) is 0 Å². The van der Waals surface area contributed by atoms with Crippen molar-refractivity contribution >= 4 is 90.9 Å². The van der Waals surface area contributed by atoms with E-state index in [1.807, 2.05) is 22.7 Å². The van der Waals surface area contributed by atoms with E-state index in [1.165, 1.54) is 84.5 Å². The van der Waals surface area contributed by atoms with Crippen molar-refractivity contribution in [3.8, 4) is 33.4 Å². The standard InChI is InChI=1S/C52H33NS2/c1-2-11-34(12-3-1)37-13-8-15-41(31-37)53(40-29-25-36(26-30-40)43-19-10-20-46-44-16-4-7-22-50(44)55-52(43)46)39-27-23-35(24-28-39)42-18-9-14-38-32-48-45-17-5-6-21-49(45)54-51(48)33-47(38)42/h1-33H. The van der Waals surface area contributed by atoms with E-state index in [2.05, 4.69) is 205 Å². The molecular formula is C52H33NS2. The van der Waals surface area contributed by atoms with E-state index in [0.29, 0.717) is 0 Å². The van der Waals surface area contributed by atoms with Crippen molar-refractivity contribution in [3.05, 3.63) is 200 Å². The van der Waals surface area contributed by atoms with Crippen LogP contribution in [0.5, 0.6) is 0 Å². The predicted molar refractivity (Wildman–Crippen MR) is 241 cm³/mol. The summed E-state index contributed by atoms with van der Waals surface area (Å²) in [6, 6.07) is 73.3. The molecule has 0 aliphatic heterocycles. The molecule has 0 fully saturated rings. The zero-order valence-corrected chi connectivity index (χ0v) is 31.4. The molecule has 2 heterocycles. The summed E-state index contributed by atoms with van der Waals surface area (Å²) in [5, 5.41) is 7.86. The summed E-state index contributed by atoms with van der Waals surface area (Å²) in [7, 11) is 0. The summed E-state index contributed by atoms with van der Waals surface area (Å²) >= 11 is 3.75. The van der Waals surface area contributed by atoms with Gasteiger partial charge in [-0.2, -0.15) is 0 Å². The van der Waals surface area contributed by atoms with Crippen LogP contribution in [0.25, 0.3) is 84.5 Å². The molecule has 0 unspecified atom stereocenters. The van der Waals surface area contributed by atoms with Crippen molar-refractivity contribution in [2.24, 2.45) is 0 Å². The molecule has 2 aromatic heterocycles. The summed E-state index contributed by atoms with van der Waals surface area (Å²) < 4.78 is 5.32. The number of anilines is 3. The van der Waals surface area contributed by atoms with Crippen LogP contribution in [0.15, 0.2) is 200 Å². The third-order valence-corrected chi connectivity index (χ3v) is 13.2. The van der Waals surface area contributed by atoms with E-state index in [9.17, 15) is 0 Å². The van der Waals surface area contributed by atoms with Crippen LogP contribution in [0.3, 0.4) is 0 Å². The summed E-state index contributed by atoms with van der Waals surface area (Å²) in [6.45, 7) is 0. The van der Waals surface area contributed by atoms with Crippen LogP contribution >= 0.6 is 22.7 Å². The van der Waals surface area contributed by atoms with Crippen molar-refractivity contribution in [2.45, 2.75) is 0 Å². The Morgan fingerprint density at radius 2 is 0.873 bits per heavy atom. The van der Waals surface area contributed by atoms with Gasteiger partial charge in [0.1, 0.15) is 0 Å². The first-order chi connectivity index (χ1) is 27.2. The van der Waals surface area contributed by atoms with Gasteiger partial charge in [-0.05, 0) is 105 Å². The van der Waals surface area contributed by atoms with E-state index in [0.717, 1.165) is 17.1 Å². The fourth-order valence-electron chi connectivity index (χ4n) is 8.21. The van der Waals surface area contributed by atoms with Gasteiger partial charge in [0.2, 0.25) is 0 Å². The van der Waals surface area contributed by atoms with Crippen LogP contribution in [0, 0.1) is 0 Å². The Bertz CT molecular complexity index is 3190. The van der Waals surface area contributed by atoms with Crippen molar-refractivity contribution in [1.29, 1.82) is 0 Å². The number of hydrogen-bond donors (Lipinski definition) is 0. The molecule has 9 aromatic carbocycles. The Morgan fingerprint density at radius 3 is 1.64 bits per heavy atom. The van der Waals surface area contributed by atoms with Gasteiger partial charge in [-0.15, -0.1) is 22.7 Å². The molecule has 0 amide bonds. The van der Waals surface area contributed by atoms with E-state index < -0.39 is 0 Å². The molecule has 0 saturated carbocycles. The molecule has 1 nitrogen and oxygen atoms in total. The minimum Gasteiger partial charge on any atom is -0.310 e. The van der Waals surface area contributed by atoms with Crippen LogP contribution < -0.4 is 4.90 Å². The third kappa shape index (κ3) is 5.51. The highest BCUT2D eigenvalue weighted by atomic mass is 32.1. The Labute approximate surface area is 327 Å². The minimum absolute atomic E-state index is 1.11. The highest BCUT2D eigenvalue weighted by Gasteiger charge is 2.17. The van der Waals surface area contributed by atoms with Gasteiger partial charge in [0, 0.05) is 57.4 Å². The first-order valence-electron chi connectivity index (χ1n) is 18.7. The second-order valence-corrected chi connectivity index (χ2v) is 16.2. The first kappa shape index (κ1) is 32.0. The summed E-state index contributed by atoms with van der Waals surface area (Å²) in [5.41, 5.74) is 10.7. The highest BCUT2D eigenvalue weighted by Crippen LogP contribution is 2.43. The SMILES string of the molecule is c1ccc(-c2cccc(N(c3ccc(-c4cccc5cc6c(cc45)sc4ccccc46)cc3)c3ccc(-c4cccc5c4sc4ccccc45)cc3)c2)cc1. The molecule has 0 radical (unpaired) electrons. The van der Waals surface area contributed by atoms with Crippen molar-refractivity contribution < 1.29 is 0 Å². The number of nitrogens with zero attached hydrogens (tertiary/aromatic N) is 1. The fraction of sp³-hybridized carbons (Fsp3) is 0. The smallest absolute Gasteiger partial charge is 0.0467 e. The van der Waals surface area contributed by atoms with Gasteiger partial charge in [0.05, 0.1) is 0 Å². The van der Waals surface area contributed by atoms with Crippen molar-refractivity contribution in [2.75, 3.05) is 4.90 Å². The second-order valence-electron chi connectivity index (χ2n) is 14.1. The molecule has 0 aliphatic carbocycles. The van der Waals surface area contributed by atoms with Gasteiger partial charge < -0.3 is 4.90 Å². The minimum atomic E-state index is 1.11. The number of fused-ring (bicyclic) bond motifs is 7. The fourth-order valence-corrected chi connectivity index (χ4v) is 10.6. The lowest BCUT2D eigenvalue weighted by Gasteiger charge is -2.26. The Hall–Kier alpha value is -6.52. The molecule has 258 valence electrons. The summed E-state index contributed by atoms with van der Waals surface area (Å²) in [5.74, 6) is 0. The van der Waals surface area contributed by atoms with Crippen LogP contribution in [0.2, 0.25) is 0 Å². The third-order valence-electron chi connectivity index (χ3n) is 10.9. The number of rotatable bonds is 6. The monoisotopic (exact) mass is 735 g/mol. The Kier molecular flexibility index (Phi) is 7.61. The molecule has 3 heteroatoms. The maximum atomic E-state index is 2.39. The largest absolute Gasteiger partial charge is 0.310 e. The quantitative estimate of drug-likeness (QED) is 0.164. The zero-order chi connectivity index (χ0) is 36.3. The van der Waals surface area contributed by atoms with E-state index in [-0.39, 0.29) is 0 Å². The molecule has 0 bridgehead atoms. The van der Waals surface area contributed by atoms with Gasteiger partial charge in [0.25, 0.3) is 0 Å². The Balaban J connectivity index is 1.01. The summed E-state index contributed by atoms with van der Waals surface area (Å²) in [4.78, 5) is 2.38. The normalized spacial score (nSPS) is 11.6.